The second-order valence-corrected chi connectivity index (χ2v) is 4.85. The number of rotatable bonds is 5. The van der Waals surface area contributed by atoms with Gasteiger partial charge in [-0.25, -0.2) is 0 Å². The number of ether oxygens (including phenoxy) is 1. The summed E-state index contributed by atoms with van der Waals surface area (Å²) in [4.78, 5) is 10.4. The van der Waals surface area contributed by atoms with Crippen LogP contribution in [0.2, 0.25) is 0 Å². The van der Waals surface area contributed by atoms with Crippen LogP contribution in [0.25, 0.3) is 0 Å². The number of carbonyl (C=O) groups is 1. The van der Waals surface area contributed by atoms with Gasteiger partial charge in [0.2, 0.25) is 0 Å². The van der Waals surface area contributed by atoms with Gasteiger partial charge in [0.1, 0.15) is 12.0 Å². The van der Waals surface area contributed by atoms with Crippen molar-refractivity contribution in [3.63, 3.8) is 0 Å². The monoisotopic (exact) mass is 284 g/mol. The van der Waals surface area contributed by atoms with E-state index in [9.17, 15) is 4.79 Å². The van der Waals surface area contributed by atoms with Gasteiger partial charge in [-0.15, -0.1) is 0 Å². The van der Waals surface area contributed by atoms with E-state index in [0.717, 1.165) is 28.5 Å². The summed E-state index contributed by atoms with van der Waals surface area (Å²) in [6.07, 6.45) is 2.24. The van der Waals surface area contributed by atoms with Gasteiger partial charge in [0.05, 0.1) is 11.6 Å². The Bertz CT molecular complexity index is 372. The summed E-state index contributed by atoms with van der Waals surface area (Å²) in [5, 5.41) is 0. The van der Waals surface area contributed by atoms with E-state index in [4.69, 9.17) is 4.74 Å². The molecule has 0 saturated heterocycles. The van der Waals surface area contributed by atoms with Gasteiger partial charge >= 0.3 is 0 Å². The van der Waals surface area contributed by atoms with E-state index in [1.54, 1.807) is 7.11 Å². The molecule has 0 aliphatic rings. The van der Waals surface area contributed by atoms with Crippen LogP contribution in [-0.4, -0.2) is 13.4 Å². The highest BCUT2D eigenvalue weighted by Gasteiger charge is 2.10. The molecule has 0 fully saturated rings. The molecule has 0 amide bonds. The standard InChI is InChI=1S/C13H17BrO2/c1-9(2)11-7-10(5-4-6-15)13(14)12(8-11)16-3/h6-9H,4-5H2,1-3H3. The summed E-state index contributed by atoms with van der Waals surface area (Å²) in [5.74, 6) is 1.30. The van der Waals surface area contributed by atoms with Crippen LogP contribution in [0.3, 0.4) is 0 Å². The molecule has 0 atom stereocenters. The maximum atomic E-state index is 10.4. The van der Waals surface area contributed by atoms with Crippen LogP contribution in [0.4, 0.5) is 0 Å². The summed E-state index contributed by atoms with van der Waals surface area (Å²) in [6.45, 7) is 4.29. The van der Waals surface area contributed by atoms with Gasteiger partial charge in [0.25, 0.3) is 0 Å². The van der Waals surface area contributed by atoms with Crippen LogP contribution in [0, 0.1) is 0 Å². The van der Waals surface area contributed by atoms with Crippen LogP contribution in [0.5, 0.6) is 5.75 Å². The van der Waals surface area contributed by atoms with Crippen molar-refractivity contribution in [2.45, 2.75) is 32.6 Å². The number of hydrogen-bond donors (Lipinski definition) is 0. The van der Waals surface area contributed by atoms with Gasteiger partial charge in [0, 0.05) is 6.42 Å². The number of aldehydes is 1. The number of hydrogen-bond acceptors (Lipinski definition) is 2. The van der Waals surface area contributed by atoms with Gasteiger partial charge in [-0.1, -0.05) is 19.9 Å². The average molecular weight is 285 g/mol. The third-order valence-electron chi connectivity index (χ3n) is 2.56. The summed E-state index contributed by atoms with van der Waals surface area (Å²) in [5.41, 5.74) is 2.37. The minimum absolute atomic E-state index is 0.456. The summed E-state index contributed by atoms with van der Waals surface area (Å²) in [6, 6.07) is 4.18. The van der Waals surface area contributed by atoms with Crippen LogP contribution in [0.1, 0.15) is 37.3 Å². The van der Waals surface area contributed by atoms with Gasteiger partial charge in [-0.2, -0.15) is 0 Å². The Balaban J connectivity index is 3.13. The molecule has 0 saturated carbocycles. The molecule has 0 aliphatic carbocycles. The quantitative estimate of drug-likeness (QED) is 0.771. The molecule has 0 aromatic heterocycles. The molecule has 0 aliphatic heterocycles. The third kappa shape index (κ3) is 3.08. The van der Waals surface area contributed by atoms with Gasteiger partial charge in [0.15, 0.2) is 0 Å². The van der Waals surface area contributed by atoms with E-state index in [1.807, 2.05) is 6.07 Å². The average Bonchev–Trinajstić information content (AvgIpc) is 2.27. The number of aryl methyl sites for hydroxylation is 1. The summed E-state index contributed by atoms with van der Waals surface area (Å²) in [7, 11) is 1.66. The molecule has 2 nitrogen and oxygen atoms in total. The molecule has 0 unspecified atom stereocenters. The molecular weight excluding hydrogens is 268 g/mol. The minimum atomic E-state index is 0.456. The third-order valence-corrected chi connectivity index (χ3v) is 3.46. The second kappa shape index (κ2) is 6.04. The molecule has 1 aromatic rings. The zero-order chi connectivity index (χ0) is 12.1. The van der Waals surface area contributed by atoms with Crippen molar-refractivity contribution >= 4 is 22.2 Å². The molecule has 0 bridgehead atoms. The van der Waals surface area contributed by atoms with Gasteiger partial charge < -0.3 is 9.53 Å². The fourth-order valence-electron chi connectivity index (χ4n) is 1.56. The van der Waals surface area contributed by atoms with Gasteiger partial charge in [-0.05, 0) is 45.5 Å². The van der Waals surface area contributed by atoms with E-state index in [0.29, 0.717) is 12.3 Å². The predicted octanol–water partition coefficient (Wildman–Crippen LogP) is 3.71. The maximum absolute atomic E-state index is 10.4. The SMILES string of the molecule is COc1cc(C(C)C)cc(CCC=O)c1Br. The van der Waals surface area contributed by atoms with Gasteiger partial charge in [-0.3, -0.25) is 0 Å². The topological polar surface area (TPSA) is 26.3 Å². The van der Waals surface area contributed by atoms with E-state index in [2.05, 4.69) is 35.8 Å². The molecule has 0 N–H and O–H groups in total. The Kier molecular flexibility index (Phi) is 5.00. The number of halogens is 1. The molecule has 3 heteroatoms. The van der Waals surface area contributed by atoms with Crippen molar-refractivity contribution in [2.75, 3.05) is 7.11 Å². The Hall–Kier alpha value is -0.830. The largest absolute Gasteiger partial charge is 0.496 e. The van der Waals surface area contributed by atoms with E-state index >= 15 is 0 Å². The van der Waals surface area contributed by atoms with Crippen molar-refractivity contribution in [3.8, 4) is 5.75 Å². The van der Waals surface area contributed by atoms with Crippen molar-refractivity contribution < 1.29 is 9.53 Å². The molecular formula is C13H17BrO2. The molecule has 88 valence electrons. The summed E-state index contributed by atoms with van der Waals surface area (Å²) < 4.78 is 6.28. The first-order valence-corrected chi connectivity index (χ1v) is 6.19. The Labute approximate surface area is 105 Å². The summed E-state index contributed by atoms with van der Waals surface area (Å²) >= 11 is 3.51. The lowest BCUT2D eigenvalue weighted by Gasteiger charge is -2.13. The number of methoxy groups -OCH3 is 1. The maximum Gasteiger partial charge on any atom is 0.133 e. The molecule has 1 rings (SSSR count). The van der Waals surface area contributed by atoms with E-state index in [1.165, 1.54) is 5.56 Å². The van der Waals surface area contributed by atoms with Crippen LogP contribution in [-0.2, 0) is 11.2 Å². The number of carbonyl (C=O) groups excluding carboxylic acids is 1. The fraction of sp³-hybridized carbons (Fsp3) is 0.462. The van der Waals surface area contributed by atoms with Crippen LogP contribution in [0.15, 0.2) is 16.6 Å². The van der Waals surface area contributed by atoms with Crippen molar-refractivity contribution in [2.24, 2.45) is 0 Å². The van der Waals surface area contributed by atoms with Crippen LogP contribution < -0.4 is 4.74 Å². The number of benzene rings is 1. The Morgan fingerprint density at radius 2 is 2.12 bits per heavy atom. The highest BCUT2D eigenvalue weighted by atomic mass is 79.9. The smallest absolute Gasteiger partial charge is 0.133 e. The second-order valence-electron chi connectivity index (χ2n) is 4.06. The molecule has 0 spiro atoms. The zero-order valence-corrected chi connectivity index (χ0v) is 11.5. The first kappa shape index (κ1) is 13.2. The molecule has 0 heterocycles. The highest BCUT2D eigenvalue weighted by molar-refractivity contribution is 9.10. The van der Waals surface area contributed by atoms with E-state index in [-0.39, 0.29) is 0 Å². The lowest BCUT2D eigenvalue weighted by atomic mass is 9.98. The molecule has 0 radical (unpaired) electrons. The highest BCUT2D eigenvalue weighted by Crippen LogP contribution is 2.33. The van der Waals surface area contributed by atoms with Crippen molar-refractivity contribution in [1.82, 2.24) is 0 Å². The predicted molar refractivity (Wildman–Crippen MR) is 69.2 cm³/mol. The normalized spacial score (nSPS) is 10.6. The van der Waals surface area contributed by atoms with Crippen LogP contribution >= 0.6 is 15.9 Å². The molecule has 16 heavy (non-hydrogen) atoms. The molecule has 1 aromatic carbocycles. The first-order valence-electron chi connectivity index (χ1n) is 5.40. The first-order chi connectivity index (χ1) is 7.60. The fourth-order valence-corrected chi connectivity index (χ4v) is 2.15. The lowest BCUT2D eigenvalue weighted by Crippen LogP contribution is -1.97. The Morgan fingerprint density at radius 3 is 2.62 bits per heavy atom. The lowest BCUT2D eigenvalue weighted by molar-refractivity contribution is -0.107. The zero-order valence-electron chi connectivity index (χ0n) is 9.92. The van der Waals surface area contributed by atoms with E-state index < -0.39 is 0 Å². The Morgan fingerprint density at radius 1 is 1.44 bits per heavy atom. The van der Waals surface area contributed by atoms with Crippen molar-refractivity contribution in [3.05, 3.63) is 27.7 Å². The minimum Gasteiger partial charge on any atom is -0.496 e. The van der Waals surface area contributed by atoms with Crippen molar-refractivity contribution in [1.29, 1.82) is 0 Å².